The summed E-state index contributed by atoms with van der Waals surface area (Å²) >= 11 is 0. The number of nitrogens with zero attached hydrogens (tertiary/aromatic N) is 4. The Hall–Kier alpha value is -1.89. The molecule has 0 radical (unpaired) electrons. The number of hydrogen-bond acceptors (Lipinski definition) is 4. The highest BCUT2D eigenvalue weighted by molar-refractivity contribution is 5.03. The van der Waals surface area contributed by atoms with E-state index in [1.165, 1.54) is 19.4 Å². The van der Waals surface area contributed by atoms with E-state index in [0.29, 0.717) is 18.2 Å². The number of nitrogens with one attached hydrogen (secondary N) is 2. The fourth-order valence-electron chi connectivity index (χ4n) is 3.07. The average molecular weight is 290 g/mol. The Kier molecular flexibility index (Phi) is 4.19. The zero-order valence-corrected chi connectivity index (χ0v) is 12.4. The number of likely N-dealkylation sites (N-methyl/N-ethyl adjacent to an activating group) is 1. The minimum Gasteiger partial charge on any atom is -0.334 e. The van der Waals surface area contributed by atoms with Gasteiger partial charge in [-0.05, 0) is 25.9 Å². The van der Waals surface area contributed by atoms with E-state index in [1.54, 1.807) is 0 Å². The van der Waals surface area contributed by atoms with E-state index < -0.39 is 0 Å². The van der Waals surface area contributed by atoms with Crippen LogP contribution >= 0.6 is 0 Å². The SMILES string of the molecule is CCN1CCC[C@@H](c2nccn2CCc2n[nH]c(=O)[nH]2)C1. The van der Waals surface area contributed by atoms with Gasteiger partial charge in [0.2, 0.25) is 0 Å². The van der Waals surface area contributed by atoms with E-state index in [-0.39, 0.29) is 5.69 Å². The standard InChI is InChI=1S/C14H22N6O/c1-2-19-7-3-4-11(10-19)13-15-6-9-20(13)8-5-12-16-14(21)18-17-12/h6,9,11H,2-5,7-8,10H2,1H3,(H2,16,17,18,21)/t11-/m1/s1. The van der Waals surface area contributed by atoms with Gasteiger partial charge < -0.3 is 9.47 Å². The van der Waals surface area contributed by atoms with Gasteiger partial charge in [0.1, 0.15) is 11.6 Å². The summed E-state index contributed by atoms with van der Waals surface area (Å²) in [6, 6.07) is 0. The first-order valence-corrected chi connectivity index (χ1v) is 7.63. The maximum Gasteiger partial charge on any atom is 0.340 e. The van der Waals surface area contributed by atoms with E-state index in [4.69, 9.17) is 0 Å². The predicted molar refractivity (Wildman–Crippen MR) is 79.2 cm³/mol. The zero-order valence-electron chi connectivity index (χ0n) is 12.4. The Balaban J connectivity index is 1.67. The molecule has 1 aliphatic heterocycles. The molecule has 0 saturated carbocycles. The first-order valence-electron chi connectivity index (χ1n) is 7.63. The van der Waals surface area contributed by atoms with Crippen LogP contribution in [0.4, 0.5) is 0 Å². The second-order valence-electron chi connectivity index (χ2n) is 5.59. The van der Waals surface area contributed by atoms with Crippen LogP contribution in [0.3, 0.4) is 0 Å². The van der Waals surface area contributed by atoms with Crippen molar-refractivity contribution >= 4 is 0 Å². The number of aromatic amines is 2. The van der Waals surface area contributed by atoms with E-state index in [9.17, 15) is 4.79 Å². The molecule has 114 valence electrons. The first-order chi connectivity index (χ1) is 10.3. The highest BCUT2D eigenvalue weighted by Gasteiger charge is 2.23. The van der Waals surface area contributed by atoms with Crippen molar-refractivity contribution in [1.29, 1.82) is 0 Å². The monoisotopic (exact) mass is 290 g/mol. The molecule has 7 nitrogen and oxygen atoms in total. The van der Waals surface area contributed by atoms with Gasteiger partial charge in [-0.15, -0.1) is 0 Å². The molecule has 3 rings (SSSR count). The number of aryl methyl sites for hydroxylation is 2. The minimum atomic E-state index is -0.248. The fourth-order valence-corrected chi connectivity index (χ4v) is 3.07. The van der Waals surface area contributed by atoms with Gasteiger partial charge >= 0.3 is 5.69 Å². The normalized spacial score (nSPS) is 20.0. The van der Waals surface area contributed by atoms with Crippen molar-refractivity contribution in [2.45, 2.75) is 38.6 Å². The molecule has 0 amide bonds. The van der Waals surface area contributed by atoms with Gasteiger partial charge in [0.25, 0.3) is 0 Å². The lowest BCUT2D eigenvalue weighted by Crippen LogP contribution is -2.35. The van der Waals surface area contributed by atoms with Crippen LogP contribution in [0.1, 0.15) is 37.3 Å². The first kappa shape index (κ1) is 14.1. The minimum absolute atomic E-state index is 0.248. The van der Waals surface area contributed by atoms with Crippen LogP contribution in [0.25, 0.3) is 0 Å². The Morgan fingerprint density at radius 1 is 1.48 bits per heavy atom. The van der Waals surface area contributed by atoms with Crippen molar-refractivity contribution in [3.05, 3.63) is 34.5 Å². The van der Waals surface area contributed by atoms with Crippen molar-refractivity contribution in [3.63, 3.8) is 0 Å². The van der Waals surface area contributed by atoms with Crippen molar-refractivity contribution in [2.24, 2.45) is 0 Å². The second-order valence-corrected chi connectivity index (χ2v) is 5.59. The van der Waals surface area contributed by atoms with Gasteiger partial charge in [0.05, 0.1) is 0 Å². The average Bonchev–Trinajstić information content (AvgIpc) is 3.14. The molecule has 1 saturated heterocycles. The van der Waals surface area contributed by atoms with E-state index in [2.05, 4.69) is 36.6 Å². The molecular weight excluding hydrogens is 268 g/mol. The number of piperidine rings is 1. The van der Waals surface area contributed by atoms with Gasteiger partial charge in [-0.3, -0.25) is 4.98 Å². The summed E-state index contributed by atoms with van der Waals surface area (Å²) in [4.78, 5) is 20.8. The summed E-state index contributed by atoms with van der Waals surface area (Å²) in [7, 11) is 0. The summed E-state index contributed by atoms with van der Waals surface area (Å²) in [6.07, 6.45) is 7.02. The molecule has 21 heavy (non-hydrogen) atoms. The Morgan fingerprint density at radius 3 is 3.14 bits per heavy atom. The van der Waals surface area contributed by atoms with Crippen molar-refractivity contribution in [1.82, 2.24) is 29.6 Å². The lowest BCUT2D eigenvalue weighted by molar-refractivity contribution is 0.211. The van der Waals surface area contributed by atoms with E-state index in [1.807, 2.05) is 12.4 Å². The quantitative estimate of drug-likeness (QED) is 0.850. The van der Waals surface area contributed by atoms with Gasteiger partial charge in [-0.25, -0.2) is 14.9 Å². The molecule has 3 heterocycles. The molecule has 2 aromatic heterocycles. The Labute approximate surface area is 123 Å². The summed E-state index contributed by atoms with van der Waals surface area (Å²) in [6.45, 7) is 6.39. The molecule has 7 heteroatoms. The van der Waals surface area contributed by atoms with Crippen LogP contribution in [-0.2, 0) is 13.0 Å². The lowest BCUT2D eigenvalue weighted by atomic mass is 9.97. The summed E-state index contributed by atoms with van der Waals surface area (Å²) in [5.74, 6) is 2.36. The van der Waals surface area contributed by atoms with Crippen LogP contribution < -0.4 is 5.69 Å². The fraction of sp³-hybridized carbons (Fsp3) is 0.643. The van der Waals surface area contributed by atoms with E-state index >= 15 is 0 Å². The zero-order chi connectivity index (χ0) is 14.7. The molecule has 0 bridgehead atoms. The topological polar surface area (TPSA) is 82.6 Å². The third kappa shape index (κ3) is 3.24. The predicted octanol–water partition coefficient (Wildman–Crippen LogP) is 0.736. The highest BCUT2D eigenvalue weighted by Crippen LogP contribution is 2.25. The highest BCUT2D eigenvalue weighted by atomic mass is 16.1. The molecule has 0 spiro atoms. The summed E-state index contributed by atoms with van der Waals surface area (Å²) in [5.41, 5.74) is -0.248. The molecule has 0 aromatic carbocycles. The third-order valence-corrected chi connectivity index (χ3v) is 4.21. The van der Waals surface area contributed by atoms with Crippen LogP contribution in [0, 0.1) is 0 Å². The smallest absolute Gasteiger partial charge is 0.334 e. The number of likely N-dealkylation sites (tertiary alicyclic amines) is 1. The molecule has 0 unspecified atom stereocenters. The van der Waals surface area contributed by atoms with Gasteiger partial charge in [0.15, 0.2) is 0 Å². The third-order valence-electron chi connectivity index (χ3n) is 4.21. The maximum atomic E-state index is 11.0. The Morgan fingerprint density at radius 2 is 2.38 bits per heavy atom. The summed E-state index contributed by atoms with van der Waals surface area (Å²) < 4.78 is 2.19. The maximum absolute atomic E-state index is 11.0. The van der Waals surface area contributed by atoms with Crippen molar-refractivity contribution in [2.75, 3.05) is 19.6 Å². The van der Waals surface area contributed by atoms with Crippen molar-refractivity contribution in [3.8, 4) is 0 Å². The van der Waals surface area contributed by atoms with Crippen LogP contribution in [0.15, 0.2) is 17.2 Å². The molecule has 1 atom stereocenters. The van der Waals surface area contributed by atoms with E-state index in [0.717, 1.165) is 25.5 Å². The van der Waals surface area contributed by atoms with Gasteiger partial charge in [-0.1, -0.05) is 6.92 Å². The molecular formula is C14H22N6O. The van der Waals surface area contributed by atoms with Crippen LogP contribution in [0.5, 0.6) is 0 Å². The van der Waals surface area contributed by atoms with Crippen molar-refractivity contribution < 1.29 is 0 Å². The molecule has 2 aromatic rings. The Bertz CT molecular complexity index is 627. The molecule has 2 N–H and O–H groups in total. The number of aromatic nitrogens is 5. The van der Waals surface area contributed by atoms with Crippen LogP contribution in [0.2, 0.25) is 0 Å². The molecule has 0 aliphatic carbocycles. The van der Waals surface area contributed by atoms with Gasteiger partial charge in [0, 0.05) is 37.8 Å². The number of imidazole rings is 1. The number of H-pyrrole nitrogens is 2. The molecule has 1 fully saturated rings. The lowest BCUT2D eigenvalue weighted by Gasteiger charge is -2.31. The largest absolute Gasteiger partial charge is 0.340 e. The molecule has 1 aliphatic rings. The number of rotatable bonds is 5. The second kappa shape index (κ2) is 6.26. The summed E-state index contributed by atoms with van der Waals surface area (Å²) in [5, 5.41) is 6.35. The number of hydrogen-bond donors (Lipinski definition) is 2. The van der Waals surface area contributed by atoms with Gasteiger partial charge in [-0.2, -0.15) is 5.10 Å². The van der Waals surface area contributed by atoms with Crippen LogP contribution in [-0.4, -0.2) is 49.3 Å².